The molecule has 4 aromatic heterocycles. The third-order valence-electron chi connectivity index (χ3n) is 9.57. The fraction of sp³-hybridized carbons (Fsp3) is 0. The Morgan fingerprint density at radius 2 is 0.980 bits per heavy atom. The summed E-state index contributed by atoms with van der Waals surface area (Å²) >= 11 is 1.78. The Morgan fingerprint density at radius 1 is 0.460 bits per heavy atom. The SMILES string of the molecule is c1ccc(-n2c(-c3cccc(-c4cc5ccccc5n4-c4ccccc4)c3-n3ccnc3-c3cc4ccccc4s3)cc3ccccc32)cc1. The van der Waals surface area contributed by atoms with Gasteiger partial charge in [-0.05, 0) is 66.0 Å². The molecule has 4 nitrogen and oxygen atoms in total. The average molecular weight is 659 g/mol. The van der Waals surface area contributed by atoms with Gasteiger partial charge in [-0.1, -0.05) is 109 Å². The minimum Gasteiger partial charge on any atom is -0.309 e. The van der Waals surface area contributed by atoms with Crippen LogP contribution in [0.15, 0.2) is 182 Å². The normalized spacial score (nSPS) is 11.6. The topological polar surface area (TPSA) is 27.7 Å². The molecule has 0 radical (unpaired) electrons. The number of hydrogen-bond donors (Lipinski definition) is 0. The van der Waals surface area contributed by atoms with E-state index in [4.69, 9.17) is 4.98 Å². The lowest BCUT2D eigenvalue weighted by atomic mass is 10.0. The molecule has 0 saturated heterocycles. The first-order chi connectivity index (χ1) is 24.8. The molecule has 0 atom stereocenters. The van der Waals surface area contributed by atoms with E-state index in [1.165, 1.54) is 31.9 Å². The van der Waals surface area contributed by atoms with Crippen molar-refractivity contribution in [3.05, 3.63) is 182 Å². The summed E-state index contributed by atoms with van der Waals surface area (Å²) in [6, 6.07) is 60.9. The third kappa shape index (κ3) is 4.55. The molecule has 0 amide bonds. The minimum absolute atomic E-state index is 0.921. The number of fused-ring (bicyclic) bond motifs is 3. The summed E-state index contributed by atoms with van der Waals surface area (Å²) in [5.74, 6) is 0.921. The molecule has 50 heavy (non-hydrogen) atoms. The lowest BCUT2D eigenvalue weighted by molar-refractivity contribution is 1.05. The van der Waals surface area contributed by atoms with Crippen LogP contribution >= 0.6 is 11.3 Å². The van der Waals surface area contributed by atoms with Crippen LogP contribution in [0.5, 0.6) is 0 Å². The Morgan fingerprint density at radius 3 is 1.56 bits per heavy atom. The highest BCUT2D eigenvalue weighted by Gasteiger charge is 2.24. The predicted octanol–water partition coefficient (Wildman–Crippen LogP) is 12.0. The zero-order valence-electron chi connectivity index (χ0n) is 27.0. The van der Waals surface area contributed by atoms with Gasteiger partial charge in [0.2, 0.25) is 0 Å². The number of nitrogens with zero attached hydrogens (tertiary/aromatic N) is 4. The van der Waals surface area contributed by atoms with Crippen LogP contribution in [0.25, 0.3) is 82.2 Å². The standard InChI is InChI=1S/C45H30N4S/c1-3-17-34(18-4-1)48-38-23-10-7-14-31(38)28-40(48)36-21-13-22-37(41-29-32-15-8-11-24-39(32)49(41)35-19-5-2-6-20-35)44(36)47-27-26-46-45(47)43-30-33-16-9-12-25-42(33)50-43/h1-30H. The smallest absolute Gasteiger partial charge is 0.154 e. The second kappa shape index (κ2) is 11.6. The van der Waals surface area contributed by atoms with Gasteiger partial charge in [-0.25, -0.2) is 4.98 Å². The third-order valence-corrected chi connectivity index (χ3v) is 10.7. The zero-order chi connectivity index (χ0) is 33.0. The van der Waals surface area contributed by atoms with Crippen LogP contribution in [0, 0.1) is 0 Å². The Kier molecular flexibility index (Phi) is 6.64. The maximum atomic E-state index is 5.03. The van der Waals surface area contributed by atoms with Crippen molar-refractivity contribution in [2.75, 3.05) is 0 Å². The molecule has 0 aliphatic rings. The molecule has 0 unspecified atom stereocenters. The van der Waals surface area contributed by atoms with Gasteiger partial charge in [0, 0.05) is 50.4 Å². The highest BCUT2D eigenvalue weighted by molar-refractivity contribution is 7.22. The lowest BCUT2D eigenvalue weighted by Gasteiger charge is -2.21. The average Bonchev–Trinajstić information content (AvgIpc) is 3.98. The van der Waals surface area contributed by atoms with Gasteiger partial charge < -0.3 is 9.13 Å². The number of benzene rings is 6. The quantitative estimate of drug-likeness (QED) is 0.175. The van der Waals surface area contributed by atoms with Crippen LogP contribution in [-0.4, -0.2) is 18.7 Å². The highest BCUT2D eigenvalue weighted by atomic mass is 32.1. The van der Waals surface area contributed by atoms with Crippen LogP contribution in [0.1, 0.15) is 0 Å². The van der Waals surface area contributed by atoms with E-state index in [0.29, 0.717) is 0 Å². The van der Waals surface area contributed by atoms with E-state index >= 15 is 0 Å². The Hall–Kier alpha value is -6.43. The molecule has 0 saturated carbocycles. The highest BCUT2D eigenvalue weighted by Crippen LogP contribution is 2.44. The molecular weight excluding hydrogens is 629 g/mol. The van der Waals surface area contributed by atoms with Crippen molar-refractivity contribution in [3.63, 3.8) is 0 Å². The van der Waals surface area contributed by atoms with E-state index in [1.54, 1.807) is 11.3 Å². The van der Waals surface area contributed by atoms with Crippen LogP contribution in [0.3, 0.4) is 0 Å². The molecule has 6 aromatic carbocycles. The van der Waals surface area contributed by atoms with Gasteiger partial charge in [0.05, 0.1) is 33.0 Å². The first kappa shape index (κ1) is 28.6. The van der Waals surface area contributed by atoms with Gasteiger partial charge >= 0.3 is 0 Å². The van der Waals surface area contributed by atoms with Crippen LogP contribution in [0.4, 0.5) is 0 Å². The monoisotopic (exact) mass is 658 g/mol. The summed E-state index contributed by atoms with van der Waals surface area (Å²) in [7, 11) is 0. The van der Waals surface area contributed by atoms with Crippen molar-refractivity contribution >= 4 is 43.2 Å². The summed E-state index contributed by atoms with van der Waals surface area (Å²) in [5, 5.41) is 3.61. The Bertz CT molecular complexity index is 2650. The number of thiophene rings is 1. The molecule has 0 bridgehead atoms. The van der Waals surface area contributed by atoms with Crippen molar-refractivity contribution < 1.29 is 0 Å². The number of para-hydroxylation sites is 5. The maximum Gasteiger partial charge on any atom is 0.154 e. The molecule has 0 aliphatic carbocycles. The van der Waals surface area contributed by atoms with E-state index < -0.39 is 0 Å². The molecule has 10 rings (SSSR count). The molecule has 0 fully saturated rings. The fourth-order valence-electron chi connectivity index (χ4n) is 7.39. The Balaban J connectivity index is 1.32. The summed E-state index contributed by atoms with van der Waals surface area (Å²) in [4.78, 5) is 6.16. The van der Waals surface area contributed by atoms with Crippen molar-refractivity contribution in [1.82, 2.24) is 18.7 Å². The van der Waals surface area contributed by atoms with Crippen molar-refractivity contribution in [1.29, 1.82) is 0 Å². The molecule has 0 spiro atoms. The predicted molar refractivity (Wildman–Crippen MR) is 209 cm³/mol. The van der Waals surface area contributed by atoms with Gasteiger partial charge in [0.1, 0.15) is 0 Å². The minimum atomic E-state index is 0.921. The molecular formula is C45H30N4S. The number of rotatable bonds is 6. The lowest BCUT2D eigenvalue weighted by Crippen LogP contribution is -2.06. The summed E-state index contributed by atoms with van der Waals surface area (Å²) < 4.78 is 8.33. The van der Waals surface area contributed by atoms with Crippen molar-refractivity contribution in [2.24, 2.45) is 0 Å². The van der Waals surface area contributed by atoms with Gasteiger partial charge in [-0.2, -0.15) is 0 Å². The summed E-state index contributed by atoms with van der Waals surface area (Å²) in [6.07, 6.45) is 4.05. The summed E-state index contributed by atoms with van der Waals surface area (Å²) in [5.41, 5.74) is 10.1. The first-order valence-electron chi connectivity index (χ1n) is 16.8. The van der Waals surface area contributed by atoms with E-state index in [9.17, 15) is 0 Å². The van der Waals surface area contributed by atoms with Crippen LogP contribution in [-0.2, 0) is 0 Å². The van der Waals surface area contributed by atoms with Crippen molar-refractivity contribution in [3.8, 4) is 50.3 Å². The van der Waals surface area contributed by atoms with Crippen LogP contribution in [0.2, 0.25) is 0 Å². The van der Waals surface area contributed by atoms with E-state index in [2.05, 4.69) is 190 Å². The van der Waals surface area contributed by atoms with Gasteiger partial charge in [-0.3, -0.25) is 4.57 Å². The first-order valence-corrected chi connectivity index (χ1v) is 17.6. The van der Waals surface area contributed by atoms with Crippen LogP contribution < -0.4 is 0 Å². The van der Waals surface area contributed by atoms with E-state index in [0.717, 1.165) is 50.3 Å². The molecule has 236 valence electrons. The summed E-state index contributed by atoms with van der Waals surface area (Å²) in [6.45, 7) is 0. The molecule has 0 N–H and O–H groups in total. The number of aromatic nitrogens is 4. The fourth-order valence-corrected chi connectivity index (χ4v) is 8.45. The Labute approximate surface area is 293 Å². The van der Waals surface area contributed by atoms with E-state index in [1.807, 2.05) is 6.20 Å². The molecule has 10 aromatic rings. The second-order valence-corrected chi connectivity index (χ2v) is 13.6. The largest absolute Gasteiger partial charge is 0.309 e. The van der Waals surface area contributed by atoms with Gasteiger partial charge in [-0.15, -0.1) is 11.3 Å². The maximum absolute atomic E-state index is 5.03. The molecule has 4 heterocycles. The second-order valence-electron chi connectivity index (χ2n) is 12.5. The van der Waals surface area contributed by atoms with Crippen molar-refractivity contribution in [2.45, 2.75) is 0 Å². The van der Waals surface area contributed by atoms with E-state index in [-0.39, 0.29) is 0 Å². The molecule has 5 heteroatoms. The zero-order valence-corrected chi connectivity index (χ0v) is 27.8. The number of imidazole rings is 1. The van der Waals surface area contributed by atoms with Gasteiger partial charge in [0.25, 0.3) is 0 Å². The molecule has 0 aliphatic heterocycles. The van der Waals surface area contributed by atoms with Gasteiger partial charge in [0.15, 0.2) is 5.82 Å². The number of hydrogen-bond acceptors (Lipinski definition) is 2.